The molecule has 0 atom stereocenters. The van der Waals surface area contributed by atoms with Crippen LogP contribution in [0.1, 0.15) is 11.1 Å². The second-order valence-electron chi connectivity index (χ2n) is 2.55. The second kappa shape index (κ2) is 4.41. The third-order valence-corrected chi connectivity index (χ3v) is 1.78. The summed E-state index contributed by atoms with van der Waals surface area (Å²) in [6, 6.07) is 8.63. The van der Waals surface area contributed by atoms with Gasteiger partial charge in [-0.25, -0.2) is 0 Å². The molecule has 0 amide bonds. The minimum atomic E-state index is -3.13. The Morgan fingerprint density at radius 3 is 1.58 bits per heavy atom. The van der Waals surface area contributed by atoms with Crippen LogP contribution in [-0.4, -0.2) is 9.79 Å². The lowest BCUT2D eigenvalue weighted by Crippen LogP contribution is -2.06. The predicted molar refractivity (Wildman–Crippen MR) is 47.3 cm³/mol. The van der Waals surface area contributed by atoms with Gasteiger partial charge in [-0.05, 0) is 24.0 Å². The summed E-state index contributed by atoms with van der Waals surface area (Å²) in [5, 5.41) is 0. The first kappa shape index (κ1) is 9.46. The molecule has 1 aliphatic carbocycles. The smallest absolute Gasteiger partial charge is 0.314 e. The molecule has 12 heavy (non-hydrogen) atoms. The van der Waals surface area contributed by atoms with E-state index in [1.807, 2.05) is 0 Å². The Labute approximate surface area is 71.6 Å². The van der Waals surface area contributed by atoms with E-state index in [2.05, 4.69) is 24.3 Å². The Kier molecular flexibility index (Phi) is 3.48. The molecule has 2 rings (SSSR count). The van der Waals surface area contributed by atoms with E-state index in [9.17, 15) is 0 Å². The summed E-state index contributed by atoms with van der Waals surface area (Å²) >= 11 is 0. The van der Waals surface area contributed by atoms with Gasteiger partial charge in [-0.3, -0.25) is 4.57 Å². The Balaban J connectivity index is 0.000000157. The summed E-state index contributed by atoms with van der Waals surface area (Å²) in [5.41, 5.74) is 3.10. The van der Waals surface area contributed by atoms with E-state index in [-0.39, 0.29) is 0 Å². The molecule has 0 bridgehead atoms. The molecule has 0 saturated heterocycles. The van der Waals surface area contributed by atoms with Crippen LogP contribution in [0.2, 0.25) is 0 Å². The summed E-state index contributed by atoms with van der Waals surface area (Å²) in [6.45, 7) is 0. The average Bonchev–Trinajstić information content (AvgIpc) is 1.90. The maximum Gasteiger partial charge on any atom is 0.314 e. The van der Waals surface area contributed by atoms with Crippen LogP contribution < -0.4 is 0 Å². The zero-order valence-corrected chi connectivity index (χ0v) is 7.53. The van der Waals surface area contributed by atoms with Gasteiger partial charge in [-0.2, -0.15) is 0 Å². The maximum atomic E-state index is 8.74. The van der Waals surface area contributed by atoms with Crippen molar-refractivity contribution >= 4 is 8.25 Å². The lowest BCUT2D eigenvalue weighted by molar-refractivity contribution is 0.405. The fraction of sp³-hybridized carbons (Fsp3) is 0.250. The summed E-state index contributed by atoms with van der Waals surface area (Å²) in [4.78, 5) is 14.3. The van der Waals surface area contributed by atoms with Gasteiger partial charge >= 0.3 is 8.25 Å². The first-order valence-electron chi connectivity index (χ1n) is 3.69. The largest absolute Gasteiger partial charge is 0.326 e. The number of rotatable bonds is 0. The Bertz CT molecular complexity index is 258. The number of benzene rings is 1. The van der Waals surface area contributed by atoms with Gasteiger partial charge in [-0.1, -0.05) is 24.3 Å². The number of aryl methyl sites for hydroxylation is 2. The highest BCUT2D eigenvalue weighted by molar-refractivity contribution is 7.30. The van der Waals surface area contributed by atoms with Crippen molar-refractivity contribution in [1.29, 1.82) is 0 Å². The fourth-order valence-electron chi connectivity index (χ4n) is 1.14. The molecule has 0 spiro atoms. The third kappa shape index (κ3) is 2.78. The van der Waals surface area contributed by atoms with E-state index >= 15 is 0 Å². The molecule has 4 heteroatoms. The van der Waals surface area contributed by atoms with Gasteiger partial charge in [0.15, 0.2) is 0 Å². The molecule has 0 radical (unpaired) electrons. The normalized spacial score (nSPS) is 12.6. The third-order valence-electron chi connectivity index (χ3n) is 1.78. The first-order chi connectivity index (χ1) is 5.70. The van der Waals surface area contributed by atoms with Crippen molar-refractivity contribution in [3.8, 4) is 0 Å². The molecule has 0 aromatic heterocycles. The number of fused-ring (bicyclic) bond motifs is 1. The molecule has 1 aliphatic rings. The van der Waals surface area contributed by atoms with E-state index < -0.39 is 8.25 Å². The molecule has 1 aromatic rings. The van der Waals surface area contributed by atoms with Gasteiger partial charge in [0.1, 0.15) is 0 Å². The van der Waals surface area contributed by atoms with Crippen LogP contribution >= 0.6 is 8.25 Å². The summed E-state index contributed by atoms with van der Waals surface area (Å²) in [7, 11) is -3.13. The van der Waals surface area contributed by atoms with E-state index in [4.69, 9.17) is 14.4 Å². The fourth-order valence-corrected chi connectivity index (χ4v) is 1.14. The summed E-state index contributed by atoms with van der Waals surface area (Å²) in [5.74, 6) is 0. The zero-order chi connectivity index (χ0) is 8.97. The van der Waals surface area contributed by atoms with E-state index in [1.165, 1.54) is 12.8 Å². The van der Waals surface area contributed by atoms with Crippen molar-refractivity contribution in [2.45, 2.75) is 12.8 Å². The molecule has 3 nitrogen and oxygen atoms in total. The van der Waals surface area contributed by atoms with Crippen molar-refractivity contribution in [2.75, 3.05) is 0 Å². The Hall–Kier alpha value is -0.630. The molecular formula is C8H11O3P. The summed E-state index contributed by atoms with van der Waals surface area (Å²) < 4.78 is 8.74. The lowest BCUT2D eigenvalue weighted by Gasteiger charge is -2.16. The molecule has 66 valence electrons. The number of hydrogen-bond acceptors (Lipinski definition) is 1. The lowest BCUT2D eigenvalue weighted by atomic mass is 9.89. The molecule has 0 unspecified atom stereocenters. The zero-order valence-electron chi connectivity index (χ0n) is 6.53. The van der Waals surface area contributed by atoms with Gasteiger partial charge in [0, 0.05) is 0 Å². The first-order valence-corrected chi connectivity index (χ1v) is 4.99. The van der Waals surface area contributed by atoms with Crippen LogP contribution in [0.4, 0.5) is 0 Å². The predicted octanol–water partition coefficient (Wildman–Crippen LogP) is 1.15. The van der Waals surface area contributed by atoms with Gasteiger partial charge in [0.25, 0.3) is 0 Å². The molecule has 0 aliphatic heterocycles. The summed E-state index contributed by atoms with van der Waals surface area (Å²) in [6.07, 6.45) is 2.60. The van der Waals surface area contributed by atoms with Crippen LogP contribution in [0.3, 0.4) is 0 Å². The van der Waals surface area contributed by atoms with E-state index in [0.717, 1.165) is 0 Å². The van der Waals surface area contributed by atoms with Crippen molar-refractivity contribution in [2.24, 2.45) is 0 Å². The highest BCUT2D eigenvalue weighted by Gasteiger charge is 2.09. The molecule has 0 fully saturated rings. The number of hydrogen-bond donors (Lipinski definition) is 2. The highest BCUT2D eigenvalue weighted by atomic mass is 31.1. The Morgan fingerprint density at radius 1 is 1.08 bits per heavy atom. The van der Waals surface area contributed by atoms with Crippen molar-refractivity contribution in [3.05, 3.63) is 35.4 Å². The standard InChI is InChI=1S/C8H8.H3O3P/c1-2-4-8-6-5-7(8)3-1;1-4(2)3/h1-4H,5-6H2;4H,(H2,1,2,3). The average molecular weight is 186 g/mol. The van der Waals surface area contributed by atoms with Gasteiger partial charge in [0.05, 0.1) is 0 Å². The van der Waals surface area contributed by atoms with Crippen molar-refractivity contribution < 1.29 is 14.4 Å². The molecular weight excluding hydrogens is 175 g/mol. The minimum Gasteiger partial charge on any atom is -0.326 e. The molecule has 1 aromatic carbocycles. The van der Waals surface area contributed by atoms with Crippen LogP contribution in [0.25, 0.3) is 0 Å². The van der Waals surface area contributed by atoms with Crippen LogP contribution in [0.5, 0.6) is 0 Å². The SMILES string of the molecule is O=[PH](O)O.c1ccc2c(c1)CC2. The minimum absolute atomic E-state index is 1.30. The van der Waals surface area contributed by atoms with Gasteiger partial charge in [-0.15, -0.1) is 0 Å². The topological polar surface area (TPSA) is 57.5 Å². The van der Waals surface area contributed by atoms with Crippen LogP contribution in [0, 0.1) is 0 Å². The molecule has 2 N–H and O–H groups in total. The Morgan fingerprint density at radius 2 is 1.42 bits per heavy atom. The second-order valence-corrected chi connectivity index (χ2v) is 3.12. The van der Waals surface area contributed by atoms with Crippen LogP contribution in [-0.2, 0) is 17.4 Å². The highest BCUT2D eigenvalue weighted by Crippen LogP contribution is 2.20. The van der Waals surface area contributed by atoms with Gasteiger partial charge < -0.3 is 9.79 Å². The molecule has 0 heterocycles. The van der Waals surface area contributed by atoms with Crippen LogP contribution in [0.15, 0.2) is 24.3 Å². The van der Waals surface area contributed by atoms with E-state index in [1.54, 1.807) is 11.1 Å². The van der Waals surface area contributed by atoms with Crippen molar-refractivity contribution in [3.63, 3.8) is 0 Å². The van der Waals surface area contributed by atoms with Gasteiger partial charge in [0.2, 0.25) is 0 Å². The van der Waals surface area contributed by atoms with E-state index in [0.29, 0.717) is 0 Å². The quantitative estimate of drug-likeness (QED) is 0.597. The molecule has 0 saturated carbocycles. The monoisotopic (exact) mass is 186 g/mol. The maximum absolute atomic E-state index is 8.74. The van der Waals surface area contributed by atoms with Crippen molar-refractivity contribution in [1.82, 2.24) is 0 Å².